The molecular formula is C9H13N3S. The van der Waals surface area contributed by atoms with Crippen LogP contribution in [0.3, 0.4) is 0 Å². The third kappa shape index (κ3) is 2.67. The topological polar surface area (TPSA) is 37.8 Å². The molecular weight excluding hydrogens is 182 g/mol. The van der Waals surface area contributed by atoms with Crippen molar-refractivity contribution < 1.29 is 0 Å². The van der Waals surface area contributed by atoms with E-state index in [9.17, 15) is 0 Å². The fourth-order valence-corrected chi connectivity index (χ4v) is 2.51. The van der Waals surface area contributed by atoms with Crippen molar-refractivity contribution in [3.63, 3.8) is 0 Å². The van der Waals surface area contributed by atoms with Gasteiger partial charge in [-0.2, -0.15) is 0 Å². The van der Waals surface area contributed by atoms with Crippen molar-refractivity contribution in [1.82, 2.24) is 15.3 Å². The highest BCUT2D eigenvalue weighted by Gasteiger charge is 2.14. The zero-order valence-electron chi connectivity index (χ0n) is 7.44. The summed E-state index contributed by atoms with van der Waals surface area (Å²) < 4.78 is 0. The molecule has 1 aliphatic rings. The van der Waals surface area contributed by atoms with Gasteiger partial charge in [0.05, 0.1) is 6.20 Å². The Morgan fingerprint density at radius 2 is 2.46 bits per heavy atom. The van der Waals surface area contributed by atoms with Crippen LogP contribution < -0.4 is 5.32 Å². The summed E-state index contributed by atoms with van der Waals surface area (Å²) in [7, 11) is 0. The summed E-state index contributed by atoms with van der Waals surface area (Å²) in [5.41, 5.74) is 0. The molecule has 1 aromatic rings. The van der Waals surface area contributed by atoms with E-state index in [0.717, 1.165) is 18.1 Å². The predicted molar refractivity (Wildman–Crippen MR) is 53.8 cm³/mol. The van der Waals surface area contributed by atoms with Crippen LogP contribution in [0, 0.1) is 0 Å². The van der Waals surface area contributed by atoms with Crippen molar-refractivity contribution >= 4 is 11.8 Å². The van der Waals surface area contributed by atoms with Gasteiger partial charge in [-0.3, -0.25) is 4.98 Å². The number of hydrogen-bond acceptors (Lipinski definition) is 4. The number of thioether (sulfide) groups is 1. The van der Waals surface area contributed by atoms with Gasteiger partial charge in [0.2, 0.25) is 0 Å². The Bertz CT molecular complexity index is 246. The molecule has 0 saturated carbocycles. The third-order valence-electron chi connectivity index (χ3n) is 2.08. The summed E-state index contributed by atoms with van der Waals surface area (Å²) in [6.07, 6.45) is 7.85. The van der Waals surface area contributed by atoms with Gasteiger partial charge in [-0.05, 0) is 19.4 Å². The van der Waals surface area contributed by atoms with Crippen LogP contribution in [0.15, 0.2) is 23.6 Å². The van der Waals surface area contributed by atoms with Gasteiger partial charge in [0.15, 0.2) is 0 Å². The standard InChI is InChI=1S/C9H13N3S/c1-2-8(6-10-3-1)13-9-7-11-4-5-12-9/h4-5,7-8,10H,1-3,6H2/t8-/m0/s1. The number of nitrogens with zero attached hydrogens (tertiary/aromatic N) is 2. The van der Waals surface area contributed by atoms with E-state index in [1.807, 2.05) is 18.0 Å². The van der Waals surface area contributed by atoms with Crippen LogP contribution in [0.2, 0.25) is 0 Å². The van der Waals surface area contributed by atoms with Gasteiger partial charge in [0.25, 0.3) is 0 Å². The largest absolute Gasteiger partial charge is 0.316 e. The highest BCUT2D eigenvalue weighted by atomic mass is 32.2. The molecule has 0 aromatic carbocycles. The molecule has 1 saturated heterocycles. The molecule has 0 radical (unpaired) electrons. The van der Waals surface area contributed by atoms with Crippen molar-refractivity contribution in [3.05, 3.63) is 18.6 Å². The van der Waals surface area contributed by atoms with Gasteiger partial charge in [-0.1, -0.05) is 0 Å². The van der Waals surface area contributed by atoms with Gasteiger partial charge in [-0.15, -0.1) is 11.8 Å². The molecule has 0 aliphatic carbocycles. The minimum Gasteiger partial charge on any atom is -0.316 e. The number of nitrogens with one attached hydrogen (secondary N) is 1. The van der Waals surface area contributed by atoms with E-state index >= 15 is 0 Å². The molecule has 4 heteroatoms. The third-order valence-corrected chi connectivity index (χ3v) is 3.27. The average Bonchev–Trinajstić information content (AvgIpc) is 2.21. The van der Waals surface area contributed by atoms with Crippen molar-refractivity contribution in [2.24, 2.45) is 0 Å². The van der Waals surface area contributed by atoms with E-state index in [1.54, 1.807) is 12.4 Å². The lowest BCUT2D eigenvalue weighted by Gasteiger charge is -2.21. The Kier molecular flexibility index (Phi) is 3.16. The summed E-state index contributed by atoms with van der Waals surface area (Å²) in [4.78, 5) is 8.29. The van der Waals surface area contributed by atoms with Crippen molar-refractivity contribution in [3.8, 4) is 0 Å². The van der Waals surface area contributed by atoms with E-state index in [1.165, 1.54) is 12.8 Å². The van der Waals surface area contributed by atoms with Crippen LogP contribution in [0.4, 0.5) is 0 Å². The molecule has 0 spiro atoms. The molecule has 1 N–H and O–H groups in total. The van der Waals surface area contributed by atoms with Crippen molar-refractivity contribution in [1.29, 1.82) is 0 Å². The van der Waals surface area contributed by atoms with Gasteiger partial charge < -0.3 is 5.32 Å². The van der Waals surface area contributed by atoms with E-state index < -0.39 is 0 Å². The SMILES string of the molecule is c1cnc(S[C@H]2CCCNC2)cn1. The molecule has 13 heavy (non-hydrogen) atoms. The first-order chi connectivity index (χ1) is 6.45. The lowest BCUT2D eigenvalue weighted by Crippen LogP contribution is -2.31. The number of piperidine rings is 1. The number of rotatable bonds is 2. The van der Waals surface area contributed by atoms with Gasteiger partial charge >= 0.3 is 0 Å². The summed E-state index contributed by atoms with van der Waals surface area (Å²) >= 11 is 1.83. The second kappa shape index (κ2) is 4.58. The second-order valence-electron chi connectivity index (χ2n) is 3.13. The maximum absolute atomic E-state index is 4.25. The quantitative estimate of drug-likeness (QED) is 0.772. The summed E-state index contributed by atoms with van der Waals surface area (Å²) in [6, 6.07) is 0. The van der Waals surface area contributed by atoms with Gasteiger partial charge in [-0.25, -0.2) is 4.98 Å². The molecule has 0 bridgehead atoms. The summed E-state index contributed by atoms with van der Waals surface area (Å²) in [5.74, 6) is 0. The smallest absolute Gasteiger partial charge is 0.115 e. The first-order valence-corrected chi connectivity index (χ1v) is 5.46. The second-order valence-corrected chi connectivity index (χ2v) is 4.45. The molecule has 1 atom stereocenters. The normalized spacial score (nSPS) is 22.9. The average molecular weight is 195 g/mol. The summed E-state index contributed by atoms with van der Waals surface area (Å²) in [6.45, 7) is 2.26. The summed E-state index contributed by atoms with van der Waals surface area (Å²) in [5, 5.41) is 5.10. The Morgan fingerprint density at radius 3 is 3.15 bits per heavy atom. The lowest BCUT2D eigenvalue weighted by atomic mass is 10.2. The predicted octanol–water partition coefficient (Wildman–Crippen LogP) is 1.32. The molecule has 2 rings (SSSR count). The molecule has 0 amide bonds. The Labute approximate surface area is 82.4 Å². The first-order valence-electron chi connectivity index (χ1n) is 4.58. The fraction of sp³-hybridized carbons (Fsp3) is 0.556. The van der Waals surface area contributed by atoms with Gasteiger partial charge in [0, 0.05) is 24.2 Å². The fourth-order valence-electron chi connectivity index (χ4n) is 1.44. The Hall–Kier alpha value is -0.610. The van der Waals surface area contributed by atoms with E-state index in [-0.39, 0.29) is 0 Å². The van der Waals surface area contributed by atoms with Crippen LogP contribution in [-0.4, -0.2) is 28.3 Å². The Balaban J connectivity index is 1.90. The zero-order chi connectivity index (χ0) is 8.93. The number of hydrogen-bond donors (Lipinski definition) is 1. The van der Waals surface area contributed by atoms with E-state index in [0.29, 0.717) is 5.25 Å². The van der Waals surface area contributed by atoms with E-state index in [4.69, 9.17) is 0 Å². The molecule has 2 heterocycles. The minimum atomic E-state index is 0.672. The molecule has 3 nitrogen and oxygen atoms in total. The highest BCUT2D eigenvalue weighted by Crippen LogP contribution is 2.24. The molecule has 1 aliphatic heterocycles. The molecule has 70 valence electrons. The van der Waals surface area contributed by atoms with Crippen LogP contribution in [-0.2, 0) is 0 Å². The minimum absolute atomic E-state index is 0.672. The first kappa shape index (κ1) is 8.97. The molecule has 1 aromatic heterocycles. The molecule has 1 fully saturated rings. The molecule has 0 unspecified atom stereocenters. The maximum atomic E-state index is 4.25. The number of aromatic nitrogens is 2. The zero-order valence-corrected chi connectivity index (χ0v) is 8.26. The Morgan fingerprint density at radius 1 is 1.46 bits per heavy atom. The van der Waals surface area contributed by atoms with Crippen LogP contribution in [0.5, 0.6) is 0 Å². The van der Waals surface area contributed by atoms with E-state index in [2.05, 4.69) is 15.3 Å². The lowest BCUT2D eigenvalue weighted by molar-refractivity contribution is 0.531. The highest BCUT2D eigenvalue weighted by molar-refractivity contribution is 7.99. The van der Waals surface area contributed by atoms with Gasteiger partial charge in [0.1, 0.15) is 5.03 Å². The van der Waals surface area contributed by atoms with Crippen molar-refractivity contribution in [2.45, 2.75) is 23.1 Å². The van der Waals surface area contributed by atoms with Crippen LogP contribution in [0.25, 0.3) is 0 Å². The monoisotopic (exact) mass is 195 g/mol. The van der Waals surface area contributed by atoms with Crippen molar-refractivity contribution in [2.75, 3.05) is 13.1 Å². The van der Waals surface area contributed by atoms with Crippen LogP contribution in [0.1, 0.15) is 12.8 Å². The maximum Gasteiger partial charge on any atom is 0.115 e. The van der Waals surface area contributed by atoms with Crippen LogP contribution >= 0.6 is 11.8 Å².